The van der Waals surface area contributed by atoms with E-state index in [4.69, 9.17) is 5.73 Å². The maximum absolute atomic E-state index is 5.52. The van der Waals surface area contributed by atoms with E-state index in [1.807, 2.05) is 0 Å². The molecule has 1 aliphatic rings. The van der Waals surface area contributed by atoms with Crippen LogP contribution in [0.5, 0.6) is 0 Å². The molecule has 72 valence electrons. The Bertz CT molecular complexity index is 143. The zero-order chi connectivity index (χ0) is 9.19. The molecular formula is C10H22N2. The molecule has 0 spiro atoms. The zero-order valence-corrected chi connectivity index (χ0v) is 8.64. The fourth-order valence-corrected chi connectivity index (χ4v) is 2.16. The van der Waals surface area contributed by atoms with Crippen LogP contribution in [-0.2, 0) is 0 Å². The Hall–Kier alpha value is -0.0800. The van der Waals surface area contributed by atoms with Crippen LogP contribution in [0.3, 0.4) is 0 Å². The van der Waals surface area contributed by atoms with Crippen molar-refractivity contribution in [3.05, 3.63) is 0 Å². The highest BCUT2D eigenvalue weighted by molar-refractivity contribution is 4.86. The molecular weight excluding hydrogens is 148 g/mol. The molecule has 0 amide bonds. The highest BCUT2D eigenvalue weighted by atomic mass is 15.1. The largest absolute Gasteiger partial charge is 0.329 e. The van der Waals surface area contributed by atoms with Gasteiger partial charge in [-0.1, -0.05) is 13.8 Å². The first kappa shape index (κ1) is 10.0. The Balaban J connectivity index is 2.36. The third-order valence-corrected chi connectivity index (χ3v) is 3.05. The Morgan fingerprint density at radius 1 is 1.50 bits per heavy atom. The van der Waals surface area contributed by atoms with Crippen LogP contribution in [0.1, 0.15) is 33.1 Å². The summed E-state index contributed by atoms with van der Waals surface area (Å²) in [5.41, 5.74) is 6.09. The molecule has 0 radical (unpaired) electrons. The van der Waals surface area contributed by atoms with Gasteiger partial charge in [-0.05, 0) is 31.7 Å². The topological polar surface area (TPSA) is 29.3 Å². The molecule has 0 aromatic carbocycles. The van der Waals surface area contributed by atoms with E-state index in [0.717, 1.165) is 19.1 Å². The lowest BCUT2D eigenvalue weighted by atomic mass is 9.91. The van der Waals surface area contributed by atoms with Crippen molar-refractivity contribution in [2.45, 2.75) is 39.2 Å². The first-order valence-electron chi connectivity index (χ1n) is 4.95. The monoisotopic (exact) mass is 170 g/mol. The molecule has 2 heteroatoms. The highest BCUT2D eigenvalue weighted by Crippen LogP contribution is 2.38. The van der Waals surface area contributed by atoms with Gasteiger partial charge in [-0.25, -0.2) is 0 Å². The molecule has 1 aliphatic carbocycles. The molecule has 0 saturated heterocycles. The van der Waals surface area contributed by atoms with Crippen molar-refractivity contribution in [1.82, 2.24) is 4.90 Å². The fourth-order valence-electron chi connectivity index (χ4n) is 2.16. The van der Waals surface area contributed by atoms with Gasteiger partial charge in [-0.2, -0.15) is 0 Å². The second-order valence-corrected chi connectivity index (χ2v) is 4.83. The summed E-state index contributed by atoms with van der Waals surface area (Å²) in [6, 6.07) is 0.781. The highest BCUT2D eigenvalue weighted by Gasteiger charge is 2.32. The Labute approximate surface area is 76.1 Å². The summed E-state index contributed by atoms with van der Waals surface area (Å²) in [4.78, 5) is 2.41. The van der Waals surface area contributed by atoms with E-state index in [9.17, 15) is 0 Å². The van der Waals surface area contributed by atoms with E-state index in [0.29, 0.717) is 5.41 Å². The van der Waals surface area contributed by atoms with Gasteiger partial charge in [0.2, 0.25) is 0 Å². The van der Waals surface area contributed by atoms with Crippen molar-refractivity contribution in [2.75, 3.05) is 20.1 Å². The van der Waals surface area contributed by atoms with E-state index in [1.165, 1.54) is 19.3 Å². The minimum absolute atomic E-state index is 0.563. The van der Waals surface area contributed by atoms with Gasteiger partial charge < -0.3 is 10.6 Å². The third-order valence-electron chi connectivity index (χ3n) is 3.05. The molecule has 2 nitrogen and oxygen atoms in total. The van der Waals surface area contributed by atoms with Gasteiger partial charge in [0.15, 0.2) is 0 Å². The lowest BCUT2D eigenvalue weighted by Gasteiger charge is -2.25. The number of rotatable bonds is 3. The van der Waals surface area contributed by atoms with Crippen LogP contribution in [0.15, 0.2) is 0 Å². The van der Waals surface area contributed by atoms with E-state index in [-0.39, 0.29) is 0 Å². The Kier molecular flexibility index (Phi) is 3.13. The molecule has 0 aromatic rings. The van der Waals surface area contributed by atoms with Gasteiger partial charge >= 0.3 is 0 Å². The minimum Gasteiger partial charge on any atom is -0.329 e. The molecule has 1 atom stereocenters. The molecule has 0 aliphatic heterocycles. The van der Waals surface area contributed by atoms with Crippen molar-refractivity contribution in [3.8, 4) is 0 Å². The van der Waals surface area contributed by atoms with E-state index >= 15 is 0 Å². The van der Waals surface area contributed by atoms with Crippen LogP contribution < -0.4 is 5.73 Å². The van der Waals surface area contributed by atoms with Gasteiger partial charge in [0, 0.05) is 19.1 Å². The average Bonchev–Trinajstić information content (AvgIpc) is 2.31. The summed E-state index contributed by atoms with van der Waals surface area (Å²) in [7, 11) is 2.19. The van der Waals surface area contributed by atoms with Gasteiger partial charge in [0.1, 0.15) is 0 Å². The minimum atomic E-state index is 0.563. The van der Waals surface area contributed by atoms with Crippen molar-refractivity contribution < 1.29 is 0 Å². The van der Waals surface area contributed by atoms with Crippen molar-refractivity contribution in [2.24, 2.45) is 11.1 Å². The second-order valence-electron chi connectivity index (χ2n) is 4.83. The number of likely N-dealkylation sites (N-methyl/N-ethyl adjacent to an activating group) is 1. The number of hydrogen-bond donors (Lipinski definition) is 1. The van der Waals surface area contributed by atoms with E-state index in [2.05, 4.69) is 25.8 Å². The smallest absolute Gasteiger partial charge is 0.0104 e. The molecule has 12 heavy (non-hydrogen) atoms. The molecule has 1 unspecified atom stereocenters. The molecule has 1 rings (SSSR count). The maximum atomic E-state index is 5.52. The third kappa shape index (κ3) is 2.46. The van der Waals surface area contributed by atoms with E-state index in [1.54, 1.807) is 0 Å². The molecule has 1 saturated carbocycles. The van der Waals surface area contributed by atoms with Crippen LogP contribution >= 0.6 is 0 Å². The van der Waals surface area contributed by atoms with Crippen molar-refractivity contribution in [1.29, 1.82) is 0 Å². The molecule has 0 aromatic heterocycles. The number of nitrogens with two attached hydrogens (primary N) is 1. The normalized spacial score (nSPS) is 28.2. The summed E-state index contributed by atoms with van der Waals surface area (Å²) >= 11 is 0. The summed E-state index contributed by atoms with van der Waals surface area (Å²) in [6.07, 6.45) is 4.06. The molecule has 0 heterocycles. The number of nitrogens with zero attached hydrogens (tertiary/aromatic N) is 1. The predicted molar refractivity (Wildman–Crippen MR) is 53.1 cm³/mol. The van der Waals surface area contributed by atoms with Gasteiger partial charge in [0.05, 0.1) is 0 Å². The quantitative estimate of drug-likeness (QED) is 0.694. The second kappa shape index (κ2) is 3.75. The SMILES string of the molecule is CN(CCN)C1CCC(C)(C)C1. The average molecular weight is 170 g/mol. The maximum Gasteiger partial charge on any atom is 0.0104 e. The van der Waals surface area contributed by atoms with Gasteiger partial charge in [0.25, 0.3) is 0 Å². The lowest BCUT2D eigenvalue weighted by molar-refractivity contribution is 0.233. The number of hydrogen-bond acceptors (Lipinski definition) is 2. The predicted octanol–water partition coefficient (Wildman–Crippen LogP) is 1.46. The summed E-state index contributed by atoms with van der Waals surface area (Å²) < 4.78 is 0. The molecule has 2 N–H and O–H groups in total. The van der Waals surface area contributed by atoms with Crippen molar-refractivity contribution >= 4 is 0 Å². The van der Waals surface area contributed by atoms with Gasteiger partial charge in [-0.15, -0.1) is 0 Å². The Morgan fingerprint density at radius 3 is 2.58 bits per heavy atom. The first-order valence-corrected chi connectivity index (χ1v) is 4.95. The van der Waals surface area contributed by atoms with Crippen molar-refractivity contribution in [3.63, 3.8) is 0 Å². The fraction of sp³-hybridized carbons (Fsp3) is 1.00. The molecule has 0 bridgehead atoms. The van der Waals surface area contributed by atoms with Crippen LogP contribution in [0.4, 0.5) is 0 Å². The van der Waals surface area contributed by atoms with Crippen LogP contribution in [0.2, 0.25) is 0 Å². The summed E-state index contributed by atoms with van der Waals surface area (Å²) in [5.74, 6) is 0. The Morgan fingerprint density at radius 2 is 2.17 bits per heavy atom. The van der Waals surface area contributed by atoms with Gasteiger partial charge in [-0.3, -0.25) is 0 Å². The summed E-state index contributed by atoms with van der Waals surface area (Å²) in [6.45, 7) is 6.56. The standard InChI is InChI=1S/C10H22N2/c1-10(2)5-4-9(8-10)12(3)7-6-11/h9H,4-8,11H2,1-3H3. The zero-order valence-electron chi connectivity index (χ0n) is 8.64. The van der Waals surface area contributed by atoms with Crippen LogP contribution in [0.25, 0.3) is 0 Å². The first-order chi connectivity index (χ1) is 5.55. The lowest BCUT2D eigenvalue weighted by Crippen LogP contribution is -2.34. The van der Waals surface area contributed by atoms with E-state index < -0.39 is 0 Å². The van der Waals surface area contributed by atoms with Crippen LogP contribution in [-0.4, -0.2) is 31.1 Å². The summed E-state index contributed by atoms with van der Waals surface area (Å²) in [5, 5.41) is 0. The molecule has 1 fully saturated rings. The van der Waals surface area contributed by atoms with Crippen LogP contribution in [0, 0.1) is 5.41 Å².